The van der Waals surface area contributed by atoms with Crippen molar-refractivity contribution in [2.24, 2.45) is 0 Å². The molecule has 10 heteroatoms. The van der Waals surface area contributed by atoms with Crippen LogP contribution < -0.4 is 10.6 Å². The molecule has 2 aromatic rings. The first kappa shape index (κ1) is 26.7. The molecule has 0 unspecified atom stereocenters. The van der Waals surface area contributed by atoms with Crippen molar-refractivity contribution in [3.05, 3.63) is 71.3 Å². The molecule has 10 nitrogen and oxygen atoms in total. The second kappa shape index (κ2) is 12.2. The maximum atomic E-state index is 12.8. The van der Waals surface area contributed by atoms with Crippen LogP contribution in [0.2, 0.25) is 0 Å². The van der Waals surface area contributed by atoms with Gasteiger partial charge >= 0.3 is 12.2 Å². The molecule has 0 radical (unpaired) electrons. The SMILES string of the molecule is CC(C)(C)OC(=O)NCCOC[C@@H](CN1C(=O)c2ccccc2C1=O)NC(=O)OCc1ccccc1. The van der Waals surface area contributed by atoms with Gasteiger partial charge in [-0.3, -0.25) is 14.5 Å². The van der Waals surface area contributed by atoms with Gasteiger partial charge in [-0.25, -0.2) is 9.59 Å². The van der Waals surface area contributed by atoms with Crippen molar-refractivity contribution in [3.8, 4) is 0 Å². The molecule has 2 N–H and O–H groups in total. The summed E-state index contributed by atoms with van der Waals surface area (Å²) in [5.41, 5.74) is 0.826. The maximum Gasteiger partial charge on any atom is 0.407 e. The van der Waals surface area contributed by atoms with Gasteiger partial charge < -0.3 is 24.8 Å². The van der Waals surface area contributed by atoms with E-state index < -0.39 is 35.6 Å². The van der Waals surface area contributed by atoms with Crippen LogP contribution in [0.1, 0.15) is 47.1 Å². The Morgan fingerprint density at radius 3 is 2.14 bits per heavy atom. The summed E-state index contributed by atoms with van der Waals surface area (Å²) in [6, 6.07) is 15.0. The molecular weight excluding hydrogens is 466 g/mol. The molecule has 0 aliphatic carbocycles. The van der Waals surface area contributed by atoms with Gasteiger partial charge in [-0.05, 0) is 38.5 Å². The highest BCUT2D eigenvalue weighted by Gasteiger charge is 2.36. The largest absolute Gasteiger partial charge is 0.445 e. The molecule has 2 aromatic carbocycles. The van der Waals surface area contributed by atoms with E-state index in [9.17, 15) is 19.2 Å². The molecule has 1 aliphatic heterocycles. The van der Waals surface area contributed by atoms with Gasteiger partial charge in [-0.15, -0.1) is 0 Å². The van der Waals surface area contributed by atoms with Gasteiger partial charge in [0.1, 0.15) is 12.2 Å². The molecule has 36 heavy (non-hydrogen) atoms. The van der Waals surface area contributed by atoms with Gasteiger partial charge in [0, 0.05) is 6.54 Å². The lowest BCUT2D eigenvalue weighted by Crippen LogP contribution is -2.48. The fourth-order valence-electron chi connectivity index (χ4n) is 3.46. The lowest BCUT2D eigenvalue weighted by molar-refractivity contribution is 0.0466. The van der Waals surface area contributed by atoms with Crippen LogP contribution in [-0.2, 0) is 20.8 Å². The number of nitrogens with one attached hydrogen (secondary N) is 2. The third-order valence-corrected chi connectivity index (χ3v) is 5.05. The van der Waals surface area contributed by atoms with Gasteiger partial charge in [0.25, 0.3) is 11.8 Å². The number of benzene rings is 2. The van der Waals surface area contributed by atoms with E-state index in [4.69, 9.17) is 14.2 Å². The van der Waals surface area contributed by atoms with Crippen LogP contribution in [0.3, 0.4) is 0 Å². The van der Waals surface area contributed by atoms with Gasteiger partial charge in [-0.1, -0.05) is 42.5 Å². The summed E-state index contributed by atoms with van der Waals surface area (Å²) in [5.74, 6) is -0.877. The summed E-state index contributed by atoms with van der Waals surface area (Å²) in [6.45, 7) is 5.51. The first-order valence-corrected chi connectivity index (χ1v) is 11.6. The van der Waals surface area contributed by atoms with Crippen LogP contribution >= 0.6 is 0 Å². The van der Waals surface area contributed by atoms with Gasteiger partial charge in [0.15, 0.2) is 0 Å². The Morgan fingerprint density at radius 2 is 1.53 bits per heavy atom. The van der Waals surface area contributed by atoms with Gasteiger partial charge in [0.2, 0.25) is 0 Å². The number of hydrogen-bond acceptors (Lipinski definition) is 7. The van der Waals surface area contributed by atoms with Crippen molar-refractivity contribution < 1.29 is 33.4 Å². The first-order valence-electron chi connectivity index (χ1n) is 11.6. The zero-order valence-electron chi connectivity index (χ0n) is 20.6. The minimum absolute atomic E-state index is 0.0240. The number of imide groups is 1. The number of alkyl carbamates (subject to hydrolysis) is 2. The predicted octanol–water partition coefficient (Wildman–Crippen LogP) is 3.12. The number of rotatable bonds is 10. The third-order valence-electron chi connectivity index (χ3n) is 5.05. The number of amides is 4. The Kier molecular flexibility index (Phi) is 9.02. The molecule has 0 fully saturated rings. The number of ether oxygens (including phenoxy) is 3. The Balaban J connectivity index is 1.55. The molecule has 1 aliphatic rings. The molecule has 0 saturated carbocycles. The molecule has 1 atom stereocenters. The average Bonchev–Trinajstić information content (AvgIpc) is 3.07. The molecule has 3 rings (SSSR count). The molecule has 4 amide bonds. The van der Waals surface area contributed by atoms with Gasteiger partial charge in [-0.2, -0.15) is 0 Å². The average molecular weight is 498 g/mol. The van der Waals surface area contributed by atoms with Crippen LogP contribution in [0.25, 0.3) is 0 Å². The molecule has 0 spiro atoms. The van der Waals surface area contributed by atoms with E-state index >= 15 is 0 Å². The van der Waals surface area contributed by atoms with E-state index in [0.717, 1.165) is 10.5 Å². The first-order chi connectivity index (χ1) is 17.1. The molecule has 1 heterocycles. The Hall–Kier alpha value is -3.92. The number of fused-ring (bicyclic) bond motifs is 1. The minimum Gasteiger partial charge on any atom is -0.445 e. The monoisotopic (exact) mass is 497 g/mol. The second-order valence-corrected chi connectivity index (χ2v) is 9.17. The Labute approximate surface area is 209 Å². The lowest BCUT2D eigenvalue weighted by atomic mass is 10.1. The summed E-state index contributed by atoms with van der Waals surface area (Å²) in [6.07, 6.45) is -1.28. The summed E-state index contributed by atoms with van der Waals surface area (Å²) in [5, 5.41) is 5.24. The second-order valence-electron chi connectivity index (χ2n) is 9.17. The fraction of sp³-hybridized carbons (Fsp3) is 0.385. The van der Waals surface area contributed by atoms with E-state index in [1.807, 2.05) is 30.3 Å². The highest BCUT2D eigenvalue weighted by Crippen LogP contribution is 2.22. The van der Waals surface area contributed by atoms with Crippen LogP contribution in [-0.4, -0.2) is 66.8 Å². The van der Waals surface area contributed by atoms with Gasteiger partial charge in [0.05, 0.1) is 36.9 Å². The zero-order valence-corrected chi connectivity index (χ0v) is 20.6. The molecular formula is C26H31N3O7. The quantitative estimate of drug-likeness (QED) is 0.382. The Morgan fingerprint density at radius 1 is 0.917 bits per heavy atom. The van der Waals surface area contributed by atoms with Crippen LogP contribution in [0.15, 0.2) is 54.6 Å². The molecule has 0 saturated heterocycles. The number of carbonyl (C=O) groups excluding carboxylic acids is 4. The predicted molar refractivity (Wildman–Crippen MR) is 130 cm³/mol. The number of carbonyl (C=O) groups is 4. The normalized spacial score (nSPS) is 13.7. The number of nitrogens with zero attached hydrogens (tertiary/aromatic N) is 1. The molecule has 0 aromatic heterocycles. The van der Waals surface area contributed by atoms with E-state index in [1.165, 1.54) is 0 Å². The summed E-state index contributed by atoms with van der Waals surface area (Å²) >= 11 is 0. The molecule has 0 bridgehead atoms. The van der Waals surface area contributed by atoms with E-state index in [0.29, 0.717) is 11.1 Å². The van der Waals surface area contributed by atoms with E-state index in [-0.39, 0.29) is 32.9 Å². The summed E-state index contributed by atoms with van der Waals surface area (Å²) in [7, 11) is 0. The zero-order chi connectivity index (χ0) is 26.1. The van der Waals surface area contributed by atoms with Crippen molar-refractivity contribution in [1.29, 1.82) is 0 Å². The van der Waals surface area contributed by atoms with Crippen molar-refractivity contribution in [2.75, 3.05) is 26.3 Å². The van der Waals surface area contributed by atoms with Crippen molar-refractivity contribution in [3.63, 3.8) is 0 Å². The van der Waals surface area contributed by atoms with Crippen molar-refractivity contribution >= 4 is 24.0 Å². The maximum absolute atomic E-state index is 12.8. The topological polar surface area (TPSA) is 123 Å². The highest BCUT2D eigenvalue weighted by molar-refractivity contribution is 6.21. The third kappa shape index (κ3) is 7.81. The summed E-state index contributed by atoms with van der Waals surface area (Å²) < 4.78 is 16.0. The van der Waals surface area contributed by atoms with E-state index in [1.54, 1.807) is 45.0 Å². The standard InChI is InChI=1S/C26H31N3O7/c1-26(2,3)36-24(32)27-13-14-34-17-19(28-25(33)35-16-18-9-5-4-6-10-18)15-29-22(30)20-11-7-8-12-21(20)23(29)31/h4-12,19H,13-17H2,1-3H3,(H,27,32)(H,28,33)/t19-/m1/s1. The highest BCUT2D eigenvalue weighted by atomic mass is 16.6. The smallest absolute Gasteiger partial charge is 0.407 e. The minimum atomic E-state index is -0.739. The van der Waals surface area contributed by atoms with E-state index in [2.05, 4.69) is 10.6 Å². The fourth-order valence-corrected chi connectivity index (χ4v) is 3.46. The van der Waals surface area contributed by atoms with Crippen molar-refractivity contribution in [1.82, 2.24) is 15.5 Å². The van der Waals surface area contributed by atoms with Crippen LogP contribution in [0.4, 0.5) is 9.59 Å². The van der Waals surface area contributed by atoms with Crippen molar-refractivity contribution in [2.45, 2.75) is 39.0 Å². The Bertz CT molecular complexity index is 1050. The lowest BCUT2D eigenvalue weighted by Gasteiger charge is -2.23. The van der Waals surface area contributed by atoms with Crippen LogP contribution in [0.5, 0.6) is 0 Å². The summed E-state index contributed by atoms with van der Waals surface area (Å²) in [4.78, 5) is 50.8. The number of hydrogen-bond donors (Lipinski definition) is 2. The molecule has 192 valence electrons. The van der Waals surface area contributed by atoms with Crippen LogP contribution in [0, 0.1) is 0 Å².